The van der Waals surface area contributed by atoms with Crippen molar-refractivity contribution in [1.29, 1.82) is 0 Å². The van der Waals surface area contributed by atoms with Crippen molar-refractivity contribution in [3.05, 3.63) is 23.9 Å². The minimum absolute atomic E-state index is 0.269. The minimum atomic E-state index is -0.479. The number of benzene rings is 1. The second-order valence-electron chi connectivity index (χ2n) is 3.32. The first-order chi connectivity index (χ1) is 7.67. The molecule has 0 fully saturated rings. The zero-order chi connectivity index (χ0) is 11.7. The first-order valence-corrected chi connectivity index (χ1v) is 4.71. The molecule has 1 aromatic heterocycles. The molecule has 5 heteroatoms. The van der Waals surface area contributed by atoms with Crippen LogP contribution in [0.3, 0.4) is 0 Å². The monoisotopic (exact) mass is 220 g/mol. The van der Waals surface area contributed by atoms with Crippen LogP contribution in [0.1, 0.15) is 10.5 Å². The maximum Gasteiger partial charge on any atom is 0.356 e. The Labute approximate surface area is 92.1 Å². The number of hydrogen-bond donors (Lipinski definition) is 2. The van der Waals surface area contributed by atoms with Gasteiger partial charge in [-0.25, -0.2) is 4.79 Å². The van der Waals surface area contributed by atoms with E-state index in [0.717, 1.165) is 10.9 Å². The van der Waals surface area contributed by atoms with E-state index in [0.29, 0.717) is 11.4 Å². The van der Waals surface area contributed by atoms with Crippen LogP contribution in [0, 0.1) is 0 Å². The van der Waals surface area contributed by atoms with Crippen LogP contribution in [0.2, 0.25) is 0 Å². The van der Waals surface area contributed by atoms with Crippen molar-refractivity contribution in [1.82, 2.24) is 4.98 Å². The lowest BCUT2D eigenvalue weighted by Gasteiger charge is -1.99. The van der Waals surface area contributed by atoms with Crippen molar-refractivity contribution in [2.24, 2.45) is 0 Å². The number of carbonyl (C=O) groups is 1. The summed E-state index contributed by atoms with van der Waals surface area (Å²) in [6.07, 6.45) is 0. The predicted molar refractivity (Wildman–Crippen MR) is 60.6 cm³/mol. The van der Waals surface area contributed by atoms with Crippen LogP contribution in [0.4, 0.5) is 5.69 Å². The van der Waals surface area contributed by atoms with Crippen LogP contribution in [0.5, 0.6) is 5.75 Å². The predicted octanol–water partition coefficient (Wildman–Crippen LogP) is 1.55. The number of ether oxygens (including phenoxy) is 2. The molecule has 1 heterocycles. The fourth-order valence-corrected chi connectivity index (χ4v) is 1.58. The van der Waals surface area contributed by atoms with E-state index in [1.54, 1.807) is 25.3 Å². The van der Waals surface area contributed by atoms with Crippen molar-refractivity contribution < 1.29 is 14.3 Å². The smallest absolute Gasteiger partial charge is 0.356 e. The summed E-state index contributed by atoms with van der Waals surface area (Å²) in [6.45, 7) is 0. The number of anilines is 1. The molecule has 5 nitrogen and oxygen atoms in total. The van der Waals surface area contributed by atoms with Crippen LogP contribution >= 0.6 is 0 Å². The number of rotatable bonds is 2. The van der Waals surface area contributed by atoms with Gasteiger partial charge in [0.15, 0.2) is 0 Å². The van der Waals surface area contributed by atoms with Gasteiger partial charge >= 0.3 is 5.97 Å². The summed E-state index contributed by atoms with van der Waals surface area (Å²) in [5.41, 5.74) is 7.27. The lowest BCUT2D eigenvalue weighted by atomic mass is 10.2. The number of hydrogen-bond acceptors (Lipinski definition) is 4. The molecule has 0 spiro atoms. The summed E-state index contributed by atoms with van der Waals surface area (Å²) < 4.78 is 9.71. The summed E-state index contributed by atoms with van der Waals surface area (Å²) in [7, 11) is 2.89. The first-order valence-electron chi connectivity index (χ1n) is 4.71. The van der Waals surface area contributed by atoms with E-state index in [1.807, 2.05) is 0 Å². The maximum atomic E-state index is 11.4. The van der Waals surface area contributed by atoms with Gasteiger partial charge in [0.25, 0.3) is 0 Å². The Hall–Kier alpha value is -2.17. The number of H-pyrrole nitrogens is 1. The Kier molecular flexibility index (Phi) is 2.44. The average molecular weight is 220 g/mol. The number of fused-ring (bicyclic) bond motifs is 1. The molecule has 2 aromatic rings. The van der Waals surface area contributed by atoms with E-state index in [4.69, 9.17) is 10.5 Å². The summed E-state index contributed by atoms with van der Waals surface area (Å²) >= 11 is 0. The van der Waals surface area contributed by atoms with Gasteiger partial charge in [0.05, 0.1) is 19.9 Å². The Balaban J connectivity index is 2.64. The van der Waals surface area contributed by atoms with Gasteiger partial charge in [0.2, 0.25) is 0 Å². The second kappa shape index (κ2) is 3.77. The molecule has 0 bridgehead atoms. The normalized spacial score (nSPS) is 10.4. The van der Waals surface area contributed by atoms with Crippen molar-refractivity contribution in [2.45, 2.75) is 0 Å². The Morgan fingerprint density at radius 2 is 2.12 bits per heavy atom. The molecule has 0 aliphatic rings. The number of esters is 1. The molecule has 0 atom stereocenters. The lowest BCUT2D eigenvalue weighted by molar-refractivity contribution is 0.0596. The van der Waals surface area contributed by atoms with Crippen LogP contribution in [-0.4, -0.2) is 25.2 Å². The van der Waals surface area contributed by atoms with Gasteiger partial charge < -0.3 is 20.2 Å². The molecule has 0 saturated heterocycles. The van der Waals surface area contributed by atoms with Gasteiger partial charge in [0.1, 0.15) is 11.4 Å². The highest BCUT2D eigenvalue weighted by molar-refractivity contribution is 6.05. The van der Waals surface area contributed by atoms with Gasteiger partial charge in [-0.2, -0.15) is 0 Å². The zero-order valence-corrected chi connectivity index (χ0v) is 9.03. The zero-order valence-electron chi connectivity index (χ0n) is 9.03. The fraction of sp³-hybridized carbons (Fsp3) is 0.182. The van der Waals surface area contributed by atoms with Gasteiger partial charge in [-0.1, -0.05) is 0 Å². The molecule has 0 unspecified atom stereocenters. The number of methoxy groups -OCH3 is 2. The molecule has 3 N–H and O–H groups in total. The molecular weight excluding hydrogens is 208 g/mol. The summed E-state index contributed by atoms with van der Waals surface area (Å²) in [5.74, 6) is 0.210. The van der Waals surface area contributed by atoms with Gasteiger partial charge in [0, 0.05) is 10.9 Å². The third kappa shape index (κ3) is 1.46. The highest BCUT2D eigenvalue weighted by Gasteiger charge is 2.16. The molecule has 16 heavy (non-hydrogen) atoms. The van der Waals surface area contributed by atoms with Crippen molar-refractivity contribution >= 4 is 22.6 Å². The van der Waals surface area contributed by atoms with Gasteiger partial charge in [-0.05, 0) is 18.2 Å². The van der Waals surface area contributed by atoms with Crippen molar-refractivity contribution in [3.63, 3.8) is 0 Å². The van der Waals surface area contributed by atoms with Crippen LogP contribution in [-0.2, 0) is 4.74 Å². The summed E-state index contributed by atoms with van der Waals surface area (Å²) in [4.78, 5) is 14.3. The third-order valence-corrected chi connectivity index (χ3v) is 2.44. The van der Waals surface area contributed by atoms with E-state index in [9.17, 15) is 4.79 Å². The Morgan fingerprint density at radius 1 is 1.38 bits per heavy atom. The summed E-state index contributed by atoms with van der Waals surface area (Å²) in [6, 6.07) is 5.36. The number of carbonyl (C=O) groups excluding carboxylic acids is 1. The first kappa shape index (κ1) is 10.4. The van der Waals surface area contributed by atoms with E-state index in [1.165, 1.54) is 7.11 Å². The second-order valence-corrected chi connectivity index (χ2v) is 3.32. The largest absolute Gasteiger partial charge is 0.497 e. The third-order valence-electron chi connectivity index (χ3n) is 2.44. The number of nitrogen functional groups attached to an aromatic ring is 1. The number of nitrogens with one attached hydrogen (secondary N) is 1. The molecule has 0 radical (unpaired) electrons. The fourth-order valence-electron chi connectivity index (χ4n) is 1.58. The minimum Gasteiger partial charge on any atom is -0.497 e. The van der Waals surface area contributed by atoms with Crippen molar-refractivity contribution in [3.8, 4) is 5.75 Å². The lowest BCUT2D eigenvalue weighted by Crippen LogP contribution is -2.04. The van der Waals surface area contributed by atoms with Crippen LogP contribution in [0.15, 0.2) is 18.2 Å². The molecular formula is C11H12N2O3. The highest BCUT2D eigenvalue weighted by atomic mass is 16.5. The molecule has 0 aliphatic carbocycles. The van der Waals surface area contributed by atoms with E-state index in [2.05, 4.69) is 9.72 Å². The molecule has 2 rings (SSSR count). The van der Waals surface area contributed by atoms with E-state index < -0.39 is 5.97 Å². The topological polar surface area (TPSA) is 77.3 Å². The number of aromatic amines is 1. The number of nitrogens with two attached hydrogens (primary N) is 1. The molecule has 0 amide bonds. The Morgan fingerprint density at radius 3 is 2.75 bits per heavy atom. The van der Waals surface area contributed by atoms with Gasteiger partial charge in [-0.15, -0.1) is 0 Å². The average Bonchev–Trinajstić information content (AvgIpc) is 2.65. The quantitative estimate of drug-likeness (QED) is 0.752. The maximum absolute atomic E-state index is 11.4. The standard InChI is InChI=1S/C11H12N2O3/c1-15-6-3-4-8-7(5-6)9(12)10(13-8)11(14)16-2/h3-5,13H,12H2,1-2H3. The van der Waals surface area contributed by atoms with E-state index >= 15 is 0 Å². The molecule has 84 valence electrons. The van der Waals surface area contributed by atoms with Crippen LogP contribution in [0.25, 0.3) is 10.9 Å². The highest BCUT2D eigenvalue weighted by Crippen LogP contribution is 2.28. The molecule has 0 saturated carbocycles. The van der Waals surface area contributed by atoms with Gasteiger partial charge in [-0.3, -0.25) is 0 Å². The summed E-state index contributed by atoms with van der Waals surface area (Å²) in [5, 5.41) is 0.750. The molecule has 1 aromatic carbocycles. The van der Waals surface area contributed by atoms with Crippen molar-refractivity contribution in [2.75, 3.05) is 20.0 Å². The SMILES string of the molecule is COC(=O)c1[nH]c2ccc(OC)cc2c1N. The molecule has 0 aliphatic heterocycles. The van der Waals surface area contributed by atoms with E-state index in [-0.39, 0.29) is 5.69 Å². The van der Waals surface area contributed by atoms with Crippen LogP contribution < -0.4 is 10.5 Å². The Bertz CT molecular complexity index is 545. The number of aromatic nitrogens is 1.